The molecule has 1 aromatic heterocycles. The standard InChI is InChI=1S/C20H27N3O2S/c1-12(22-19(24)17-6-4-5-15(17)11-21)18-13(2)23-20(26-18)14-7-9-16(25-3)10-8-14/h7-10,12,15,17H,4-6,11,21H2,1-3H3,(H,22,24)/t12?,15-,17-/m1/s1. The Kier molecular flexibility index (Phi) is 5.94. The van der Waals surface area contributed by atoms with Crippen LogP contribution in [0, 0.1) is 18.8 Å². The van der Waals surface area contributed by atoms with Crippen LogP contribution in [-0.4, -0.2) is 24.5 Å². The van der Waals surface area contributed by atoms with Crippen LogP contribution in [0.5, 0.6) is 5.75 Å². The predicted octanol–water partition coefficient (Wildman–Crippen LogP) is 3.68. The highest BCUT2D eigenvalue weighted by atomic mass is 32.1. The molecule has 1 aliphatic rings. The molecule has 1 aromatic carbocycles. The summed E-state index contributed by atoms with van der Waals surface area (Å²) in [5, 5.41) is 4.14. The summed E-state index contributed by atoms with van der Waals surface area (Å²) in [6, 6.07) is 7.84. The molecular formula is C20H27N3O2S. The summed E-state index contributed by atoms with van der Waals surface area (Å²) in [5.74, 6) is 1.33. The van der Waals surface area contributed by atoms with Gasteiger partial charge in [-0.15, -0.1) is 11.3 Å². The van der Waals surface area contributed by atoms with Gasteiger partial charge < -0.3 is 15.8 Å². The smallest absolute Gasteiger partial charge is 0.223 e. The number of rotatable bonds is 6. The van der Waals surface area contributed by atoms with Crippen LogP contribution in [-0.2, 0) is 4.79 Å². The molecule has 0 bridgehead atoms. The van der Waals surface area contributed by atoms with Gasteiger partial charge >= 0.3 is 0 Å². The van der Waals surface area contributed by atoms with Crippen molar-refractivity contribution in [2.24, 2.45) is 17.6 Å². The van der Waals surface area contributed by atoms with E-state index in [0.717, 1.165) is 46.2 Å². The zero-order chi connectivity index (χ0) is 18.7. The molecule has 0 saturated heterocycles. The minimum absolute atomic E-state index is 0.0500. The van der Waals surface area contributed by atoms with Crippen LogP contribution >= 0.6 is 11.3 Å². The van der Waals surface area contributed by atoms with Crippen LogP contribution in [0.4, 0.5) is 0 Å². The first-order chi connectivity index (χ1) is 12.5. The summed E-state index contributed by atoms with van der Waals surface area (Å²) >= 11 is 1.63. The highest BCUT2D eigenvalue weighted by Crippen LogP contribution is 2.34. The third-order valence-corrected chi connectivity index (χ3v) is 6.61. The van der Waals surface area contributed by atoms with E-state index in [2.05, 4.69) is 5.32 Å². The van der Waals surface area contributed by atoms with Crippen LogP contribution in [0.3, 0.4) is 0 Å². The van der Waals surface area contributed by atoms with Crippen molar-refractivity contribution in [3.05, 3.63) is 34.8 Å². The van der Waals surface area contributed by atoms with Gasteiger partial charge in [-0.1, -0.05) is 6.42 Å². The van der Waals surface area contributed by atoms with Crippen molar-refractivity contribution in [3.63, 3.8) is 0 Å². The van der Waals surface area contributed by atoms with Crippen molar-refractivity contribution in [2.45, 2.75) is 39.2 Å². The van der Waals surface area contributed by atoms with E-state index < -0.39 is 0 Å². The lowest BCUT2D eigenvalue weighted by Crippen LogP contribution is -2.36. The van der Waals surface area contributed by atoms with E-state index in [1.807, 2.05) is 38.1 Å². The number of carbonyl (C=O) groups is 1. The van der Waals surface area contributed by atoms with Crippen molar-refractivity contribution in [1.82, 2.24) is 10.3 Å². The molecule has 0 radical (unpaired) electrons. The maximum absolute atomic E-state index is 12.7. The van der Waals surface area contributed by atoms with Gasteiger partial charge in [-0.05, 0) is 63.4 Å². The number of methoxy groups -OCH3 is 1. The van der Waals surface area contributed by atoms with E-state index in [9.17, 15) is 4.79 Å². The fourth-order valence-electron chi connectivity index (χ4n) is 3.72. The van der Waals surface area contributed by atoms with Crippen molar-refractivity contribution in [3.8, 4) is 16.3 Å². The summed E-state index contributed by atoms with van der Waals surface area (Å²) in [7, 11) is 1.66. The van der Waals surface area contributed by atoms with E-state index in [0.29, 0.717) is 12.5 Å². The second-order valence-corrected chi connectivity index (χ2v) is 7.99. The van der Waals surface area contributed by atoms with Gasteiger partial charge in [0.25, 0.3) is 0 Å². The Hall–Kier alpha value is -1.92. The first-order valence-electron chi connectivity index (χ1n) is 9.15. The summed E-state index contributed by atoms with van der Waals surface area (Å²) in [6.07, 6.45) is 3.10. The number of ether oxygens (including phenoxy) is 1. The molecule has 3 N–H and O–H groups in total. The molecule has 0 aliphatic heterocycles. The molecule has 1 fully saturated rings. The molecule has 1 saturated carbocycles. The van der Waals surface area contributed by atoms with E-state index >= 15 is 0 Å². The molecule has 1 heterocycles. The van der Waals surface area contributed by atoms with Crippen LogP contribution in [0.1, 0.15) is 42.8 Å². The molecule has 1 aliphatic carbocycles. The quantitative estimate of drug-likeness (QED) is 0.810. The number of hydrogen-bond donors (Lipinski definition) is 2. The van der Waals surface area contributed by atoms with Gasteiger partial charge in [0, 0.05) is 11.5 Å². The topological polar surface area (TPSA) is 77.2 Å². The average molecular weight is 374 g/mol. The van der Waals surface area contributed by atoms with E-state index in [1.54, 1.807) is 18.4 Å². The van der Waals surface area contributed by atoms with Gasteiger partial charge in [-0.2, -0.15) is 0 Å². The SMILES string of the molecule is COc1ccc(-c2nc(C)c(C(C)NC(=O)[C@@H]3CCC[C@@H]3CN)s2)cc1. The zero-order valence-corrected chi connectivity index (χ0v) is 16.4. The van der Waals surface area contributed by atoms with Crippen LogP contribution in [0.25, 0.3) is 10.6 Å². The van der Waals surface area contributed by atoms with Crippen LogP contribution in [0.2, 0.25) is 0 Å². The molecule has 3 atom stereocenters. The molecule has 140 valence electrons. The normalized spacial score (nSPS) is 20.8. The number of thiazole rings is 1. The minimum Gasteiger partial charge on any atom is -0.497 e. The average Bonchev–Trinajstić information content (AvgIpc) is 3.28. The second kappa shape index (κ2) is 8.18. The molecule has 0 spiro atoms. The lowest BCUT2D eigenvalue weighted by molar-refractivity contribution is -0.126. The molecule has 5 nitrogen and oxygen atoms in total. The maximum Gasteiger partial charge on any atom is 0.223 e. The summed E-state index contributed by atoms with van der Waals surface area (Å²) in [4.78, 5) is 18.5. The fourth-order valence-corrected chi connectivity index (χ4v) is 4.79. The molecule has 2 aromatic rings. The highest BCUT2D eigenvalue weighted by Gasteiger charge is 2.32. The third kappa shape index (κ3) is 3.91. The molecule has 3 rings (SSSR count). The highest BCUT2D eigenvalue weighted by molar-refractivity contribution is 7.15. The number of aryl methyl sites for hydroxylation is 1. The van der Waals surface area contributed by atoms with Gasteiger partial charge in [-0.25, -0.2) is 4.98 Å². The van der Waals surface area contributed by atoms with Crippen molar-refractivity contribution < 1.29 is 9.53 Å². The number of benzene rings is 1. The number of nitrogens with zero attached hydrogens (tertiary/aromatic N) is 1. The Morgan fingerprint density at radius 1 is 1.38 bits per heavy atom. The van der Waals surface area contributed by atoms with Gasteiger partial charge in [0.2, 0.25) is 5.91 Å². The first-order valence-corrected chi connectivity index (χ1v) is 9.97. The van der Waals surface area contributed by atoms with Crippen molar-refractivity contribution in [2.75, 3.05) is 13.7 Å². The van der Waals surface area contributed by atoms with E-state index in [-0.39, 0.29) is 17.9 Å². The maximum atomic E-state index is 12.7. The van der Waals surface area contributed by atoms with E-state index in [1.165, 1.54) is 0 Å². The molecule has 6 heteroatoms. The first kappa shape index (κ1) is 18.9. The Labute approximate surface area is 159 Å². The Morgan fingerprint density at radius 2 is 2.12 bits per heavy atom. The monoisotopic (exact) mass is 373 g/mol. The number of carbonyl (C=O) groups excluding carboxylic acids is 1. The number of amides is 1. The number of hydrogen-bond acceptors (Lipinski definition) is 5. The van der Waals surface area contributed by atoms with Gasteiger partial charge in [0.05, 0.1) is 23.7 Å². The van der Waals surface area contributed by atoms with Crippen LogP contribution < -0.4 is 15.8 Å². The Morgan fingerprint density at radius 3 is 2.77 bits per heavy atom. The largest absolute Gasteiger partial charge is 0.497 e. The van der Waals surface area contributed by atoms with Crippen molar-refractivity contribution >= 4 is 17.2 Å². The lowest BCUT2D eigenvalue weighted by atomic mass is 9.95. The molecule has 1 amide bonds. The number of nitrogens with two attached hydrogens (primary N) is 1. The summed E-state index contributed by atoms with van der Waals surface area (Å²) < 4.78 is 5.21. The van der Waals surface area contributed by atoms with Crippen molar-refractivity contribution in [1.29, 1.82) is 0 Å². The summed E-state index contributed by atoms with van der Waals surface area (Å²) in [6.45, 7) is 4.62. The van der Waals surface area contributed by atoms with Gasteiger partial charge in [0.15, 0.2) is 0 Å². The third-order valence-electron chi connectivity index (χ3n) is 5.22. The van der Waals surface area contributed by atoms with E-state index in [4.69, 9.17) is 15.5 Å². The van der Waals surface area contributed by atoms with Gasteiger partial charge in [-0.3, -0.25) is 4.79 Å². The predicted molar refractivity (Wildman–Crippen MR) is 105 cm³/mol. The second-order valence-electron chi connectivity index (χ2n) is 6.96. The van der Waals surface area contributed by atoms with Crippen LogP contribution in [0.15, 0.2) is 24.3 Å². The van der Waals surface area contributed by atoms with Gasteiger partial charge in [0.1, 0.15) is 10.8 Å². The molecule has 26 heavy (non-hydrogen) atoms. The lowest BCUT2D eigenvalue weighted by Gasteiger charge is -2.20. The zero-order valence-electron chi connectivity index (χ0n) is 15.6. The fraction of sp³-hybridized carbons (Fsp3) is 0.500. The number of aromatic nitrogens is 1. The minimum atomic E-state index is -0.0500. The summed E-state index contributed by atoms with van der Waals surface area (Å²) in [5.41, 5.74) is 7.85. The Balaban J connectivity index is 1.72. The Bertz CT molecular complexity index is 757. The number of nitrogens with one attached hydrogen (secondary N) is 1. The molecular weight excluding hydrogens is 346 g/mol. The molecule has 1 unspecified atom stereocenters.